The third kappa shape index (κ3) is 3.19. The maximum absolute atomic E-state index is 5.48. The Labute approximate surface area is 136 Å². The van der Waals surface area contributed by atoms with E-state index in [1.807, 2.05) is 44.6 Å². The molecule has 0 bridgehead atoms. The lowest BCUT2D eigenvalue weighted by molar-refractivity contribution is 0.419. The normalized spacial score (nSPS) is 11.1. The van der Waals surface area contributed by atoms with E-state index in [4.69, 9.17) is 4.74 Å². The van der Waals surface area contributed by atoms with Crippen LogP contribution in [0.25, 0.3) is 23.1 Å². The first kappa shape index (κ1) is 15.1. The average Bonchev–Trinajstić information content (AvgIpc) is 2.59. The summed E-state index contributed by atoms with van der Waals surface area (Å²) in [7, 11) is 5.77. The number of anilines is 1. The van der Waals surface area contributed by atoms with Gasteiger partial charge in [0.05, 0.1) is 12.6 Å². The van der Waals surface area contributed by atoms with Gasteiger partial charge in [-0.1, -0.05) is 30.4 Å². The Morgan fingerprint density at radius 2 is 1.74 bits per heavy atom. The Kier molecular flexibility index (Phi) is 4.29. The SMILES string of the molecule is COc1cccc2nccc(C=Cc3ccc(N(C)C)cc3)c12. The van der Waals surface area contributed by atoms with Gasteiger partial charge in [-0.25, -0.2) is 0 Å². The molecule has 0 N–H and O–H groups in total. The van der Waals surface area contributed by atoms with Gasteiger partial charge in [-0.3, -0.25) is 4.98 Å². The van der Waals surface area contributed by atoms with Crippen LogP contribution >= 0.6 is 0 Å². The van der Waals surface area contributed by atoms with Crippen molar-refractivity contribution < 1.29 is 4.74 Å². The van der Waals surface area contributed by atoms with E-state index in [2.05, 4.69) is 46.3 Å². The number of hydrogen-bond donors (Lipinski definition) is 0. The fourth-order valence-electron chi connectivity index (χ4n) is 2.58. The van der Waals surface area contributed by atoms with Gasteiger partial charge in [0.2, 0.25) is 0 Å². The predicted molar refractivity (Wildman–Crippen MR) is 98.0 cm³/mol. The van der Waals surface area contributed by atoms with Crippen molar-refractivity contribution in [1.82, 2.24) is 4.98 Å². The number of pyridine rings is 1. The van der Waals surface area contributed by atoms with E-state index < -0.39 is 0 Å². The maximum Gasteiger partial charge on any atom is 0.128 e. The van der Waals surface area contributed by atoms with Gasteiger partial charge in [-0.05, 0) is 41.5 Å². The van der Waals surface area contributed by atoms with Crippen LogP contribution in [0.1, 0.15) is 11.1 Å². The van der Waals surface area contributed by atoms with E-state index in [0.29, 0.717) is 0 Å². The largest absolute Gasteiger partial charge is 0.496 e. The predicted octanol–water partition coefficient (Wildman–Crippen LogP) is 4.48. The Balaban J connectivity index is 1.97. The molecule has 0 atom stereocenters. The first-order chi connectivity index (χ1) is 11.2. The quantitative estimate of drug-likeness (QED) is 0.710. The van der Waals surface area contributed by atoms with Gasteiger partial charge in [-0.2, -0.15) is 0 Å². The Bertz CT molecular complexity index is 831. The summed E-state index contributed by atoms with van der Waals surface area (Å²) in [4.78, 5) is 6.51. The molecule has 2 aromatic carbocycles. The van der Waals surface area contributed by atoms with E-state index in [1.54, 1.807) is 7.11 Å². The van der Waals surface area contributed by atoms with Crippen LogP contribution in [-0.4, -0.2) is 26.2 Å². The molecule has 0 unspecified atom stereocenters. The van der Waals surface area contributed by atoms with Crippen LogP contribution in [0.4, 0.5) is 5.69 Å². The molecule has 1 heterocycles. The number of rotatable bonds is 4. The minimum Gasteiger partial charge on any atom is -0.496 e. The number of fused-ring (bicyclic) bond motifs is 1. The zero-order chi connectivity index (χ0) is 16.2. The average molecular weight is 304 g/mol. The highest BCUT2D eigenvalue weighted by Gasteiger charge is 2.05. The molecule has 3 aromatic rings. The first-order valence-corrected chi connectivity index (χ1v) is 7.56. The van der Waals surface area contributed by atoms with Crippen molar-refractivity contribution in [2.24, 2.45) is 0 Å². The Morgan fingerprint density at radius 3 is 2.43 bits per heavy atom. The van der Waals surface area contributed by atoms with E-state index in [9.17, 15) is 0 Å². The second-order valence-electron chi connectivity index (χ2n) is 5.57. The highest BCUT2D eigenvalue weighted by atomic mass is 16.5. The zero-order valence-corrected chi connectivity index (χ0v) is 13.7. The van der Waals surface area contributed by atoms with Gasteiger partial charge in [0.25, 0.3) is 0 Å². The smallest absolute Gasteiger partial charge is 0.128 e. The highest BCUT2D eigenvalue weighted by molar-refractivity contribution is 5.94. The Hall–Kier alpha value is -2.81. The molecule has 0 saturated heterocycles. The molecular weight excluding hydrogens is 284 g/mol. The molecule has 3 rings (SSSR count). The highest BCUT2D eigenvalue weighted by Crippen LogP contribution is 2.28. The third-order valence-electron chi connectivity index (χ3n) is 3.85. The van der Waals surface area contributed by atoms with Gasteiger partial charge < -0.3 is 9.64 Å². The van der Waals surface area contributed by atoms with Crippen LogP contribution in [-0.2, 0) is 0 Å². The summed E-state index contributed by atoms with van der Waals surface area (Å²) >= 11 is 0. The second kappa shape index (κ2) is 6.53. The van der Waals surface area contributed by atoms with Crippen molar-refractivity contribution in [2.75, 3.05) is 26.1 Å². The van der Waals surface area contributed by atoms with Gasteiger partial charge in [0, 0.05) is 31.4 Å². The van der Waals surface area contributed by atoms with Gasteiger partial charge >= 0.3 is 0 Å². The van der Waals surface area contributed by atoms with Crippen LogP contribution < -0.4 is 9.64 Å². The maximum atomic E-state index is 5.48. The molecule has 0 fully saturated rings. The zero-order valence-electron chi connectivity index (χ0n) is 13.7. The molecule has 116 valence electrons. The number of methoxy groups -OCH3 is 1. The number of hydrogen-bond acceptors (Lipinski definition) is 3. The molecule has 0 aliphatic heterocycles. The summed E-state index contributed by atoms with van der Waals surface area (Å²) in [6.07, 6.45) is 6.05. The van der Waals surface area contributed by atoms with Crippen LogP contribution in [0.2, 0.25) is 0 Å². The summed E-state index contributed by atoms with van der Waals surface area (Å²) in [6, 6.07) is 16.4. The van der Waals surface area contributed by atoms with Crippen LogP contribution in [0.15, 0.2) is 54.7 Å². The lowest BCUT2D eigenvalue weighted by Gasteiger charge is -2.11. The molecule has 3 heteroatoms. The van der Waals surface area contributed by atoms with Crippen LogP contribution in [0.5, 0.6) is 5.75 Å². The van der Waals surface area contributed by atoms with E-state index >= 15 is 0 Å². The monoisotopic (exact) mass is 304 g/mol. The molecule has 3 nitrogen and oxygen atoms in total. The fourth-order valence-corrected chi connectivity index (χ4v) is 2.58. The number of ether oxygens (including phenoxy) is 1. The second-order valence-corrected chi connectivity index (χ2v) is 5.57. The standard InChI is InChI=1S/C20H20N2O/c1-22(2)17-11-8-15(9-12-17)7-10-16-13-14-21-18-5-4-6-19(23-3)20(16)18/h4-14H,1-3H3. The minimum absolute atomic E-state index is 0.846. The number of benzene rings is 2. The van der Waals surface area contributed by atoms with Crippen molar-refractivity contribution in [2.45, 2.75) is 0 Å². The molecule has 0 aliphatic rings. The van der Waals surface area contributed by atoms with Crippen molar-refractivity contribution in [3.63, 3.8) is 0 Å². The molecular formula is C20H20N2O. The van der Waals surface area contributed by atoms with Crippen molar-refractivity contribution >= 4 is 28.7 Å². The first-order valence-electron chi connectivity index (χ1n) is 7.56. The van der Waals surface area contributed by atoms with E-state index in [1.165, 1.54) is 5.69 Å². The topological polar surface area (TPSA) is 25.4 Å². The third-order valence-corrected chi connectivity index (χ3v) is 3.85. The number of nitrogens with zero attached hydrogens (tertiary/aromatic N) is 2. The van der Waals surface area contributed by atoms with Crippen LogP contribution in [0.3, 0.4) is 0 Å². The number of aromatic nitrogens is 1. The van der Waals surface area contributed by atoms with Crippen LogP contribution in [0, 0.1) is 0 Å². The Morgan fingerprint density at radius 1 is 0.957 bits per heavy atom. The molecule has 0 aliphatic carbocycles. The molecule has 0 spiro atoms. The summed E-state index contributed by atoms with van der Waals surface area (Å²) in [5.74, 6) is 0.846. The van der Waals surface area contributed by atoms with Crippen molar-refractivity contribution in [3.05, 3.63) is 65.9 Å². The summed E-state index contributed by atoms with van der Waals surface area (Å²) in [5.41, 5.74) is 4.40. The fraction of sp³-hybridized carbons (Fsp3) is 0.150. The van der Waals surface area contributed by atoms with Gasteiger partial charge in [0.15, 0.2) is 0 Å². The van der Waals surface area contributed by atoms with E-state index in [-0.39, 0.29) is 0 Å². The summed E-state index contributed by atoms with van der Waals surface area (Å²) in [5, 5.41) is 1.04. The minimum atomic E-state index is 0.846. The summed E-state index contributed by atoms with van der Waals surface area (Å²) in [6.45, 7) is 0. The summed E-state index contributed by atoms with van der Waals surface area (Å²) < 4.78 is 5.48. The lowest BCUT2D eigenvalue weighted by atomic mass is 10.1. The van der Waals surface area contributed by atoms with Crippen molar-refractivity contribution in [1.29, 1.82) is 0 Å². The lowest BCUT2D eigenvalue weighted by Crippen LogP contribution is -2.07. The molecule has 0 radical (unpaired) electrons. The molecule has 23 heavy (non-hydrogen) atoms. The van der Waals surface area contributed by atoms with Gasteiger partial charge in [-0.15, -0.1) is 0 Å². The molecule has 0 amide bonds. The van der Waals surface area contributed by atoms with E-state index in [0.717, 1.165) is 27.8 Å². The van der Waals surface area contributed by atoms with Crippen molar-refractivity contribution in [3.8, 4) is 5.75 Å². The van der Waals surface area contributed by atoms with Gasteiger partial charge in [0.1, 0.15) is 5.75 Å². The molecule has 0 saturated carbocycles. The molecule has 1 aromatic heterocycles.